The van der Waals surface area contributed by atoms with Gasteiger partial charge in [-0.25, -0.2) is 0 Å². The van der Waals surface area contributed by atoms with Gasteiger partial charge in [0.15, 0.2) is 0 Å². The summed E-state index contributed by atoms with van der Waals surface area (Å²) in [6.45, 7) is 4.00. The molecule has 0 bridgehead atoms. The molecule has 0 amide bonds. The van der Waals surface area contributed by atoms with E-state index in [2.05, 4.69) is 46.4 Å². The normalized spacial score (nSPS) is 24.9. The summed E-state index contributed by atoms with van der Waals surface area (Å²) in [5.74, 6) is 0.587. The molecular weight excluding hydrogens is 266 g/mol. The van der Waals surface area contributed by atoms with Crippen LogP contribution in [0.1, 0.15) is 23.7 Å². The van der Waals surface area contributed by atoms with E-state index in [1.54, 1.807) is 0 Å². The SMILES string of the molecule is CNCC1CCOC1c1ccc(C)cc1Br. The number of aryl methyl sites for hydroxylation is 1. The van der Waals surface area contributed by atoms with Crippen LogP contribution in [0.5, 0.6) is 0 Å². The average Bonchev–Trinajstić information content (AvgIpc) is 2.67. The zero-order chi connectivity index (χ0) is 11.5. The Kier molecular flexibility index (Phi) is 4.00. The van der Waals surface area contributed by atoms with Crippen molar-refractivity contribution in [2.75, 3.05) is 20.2 Å². The Morgan fingerprint density at radius 3 is 3.00 bits per heavy atom. The van der Waals surface area contributed by atoms with Crippen molar-refractivity contribution in [2.45, 2.75) is 19.4 Å². The van der Waals surface area contributed by atoms with Gasteiger partial charge in [0, 0.05) is 23.5 Å². The largest absolute Gasteiger partial charge is 0.373 e. The molecule has 2 unspecified atom stereocenters. The molecule has 1 heterocycles. The van der Waals surface area contributed by atoms with Crippen molar-refractivity contribution in [1.82, 2.24) is 5.32 Å². The molecule has 0 saturated carbocycles. The van der Waals surface area contributed by atoms with Gasteiger partial charge in [0.2, 0.25) is 0 Å². The number of rotatable bonds is 3. The number of hydrogen-bond acceptors (Lipinski definition) is 2. The Labute approximate surface area is 106 Å². The minimum atomic E-state index is 0.238. The van der Waals surface area contributed by atoms with Crippen molar-refractivity contribution < 1.29 is 4.74 Å². The summed E-state index contributed by atoms with van der Waals surface area (Å²) in [5.41, 5.74) is 2.56. The predicted molar refractivity (Wildman–Crippen MR) is 69.6 cm³/mol. The van der Waals surface area contributed by atoms with Crippen LogP contribution in [0, 0.1) is 12.8 Å². The smallest absolute Gasteiger partial charge is 0.0876 e. The fourth-order valence-corrected chi connectivity index (χ4v) is 3.03. The highest BCUT2D eigenvalue weighted by molar-refractivity contribution is 9.10. The van der Waals surface area contributed by atoms with Gasteiger partial charge in [0.25, 0.3) is 0 Å². The second-order valence-electron chi connectivity index (χ2n) is 4.42. The lowest BCUT2D eigenvalue weighted by Gasteiger charge is -2.20. The minimum Gasteiger partial charge on any atom is -0.373 e. The molecule has 2 rings (SSSR count). The molecule has 3 heteroatoms. The Balaban J connectivity index is 2.22. The topological polar surface area (TPSA) is 21.3 Å². The van der Waals surface area contributed by atoms with E-state index in [9.17, 15) is 0 Å². The zero-order valence-corrected chi connectivity index (χ0v) is 11.4. The third kappa shape index (κ3) is 2.47. The lowest BCUT2D eigenvalue weighted by molar-refractivity contribution is 0.0904. The van der Waals surface area contributed by atoms with Crippen LogP contribution in [-0.4, -0.2) is 20.2 Å². The van der Waals surface area contributed by atoms with Gasteiger partial charge in [-0.2, -0.15) is 0 Å². The molecule has 1 aliphatic rings. The summed E-state index contributed by atoms with van der Waals surface area (Å²) in [6.07, 6.45) is 1.38. The van der Waals surface area contributed by atoms with Crippen LogP contribution in [0.2, 0.25) is 0 Å². The second kappa shape index (κ2) is 5.30. The van der Waals surface area contributed by atoms with Crippen LogP contribution in [-0.2, 0) is 4.74 Å². The van der Waals surface area contributed by atoms with Gasteiger partial charge in [-0.05, 0) is 37.6 Å². The standard InChI is InChI=1S/C13H18BrNO/c1-9-3-4-11(12(14)7-9)13-10(8-15-2)5-6-16-13/h3-4,7,10,13,15H,5-6,8H2,1-2H3. The van der Waals surface area contributed by atoms with Crippen LogP contribution < -0.4 is 5.32 Å². The van der Waals surface area contributed by atoms with E-state index in [1.165, 1.54) is 15.6 Å². The number of ether oxygens (including phenoxy) is 1. The van der Waals surface area contributed by atoms with Crippen LogP contribution in [0.4, 0.5) is 0 Å². The molecule has 1 N–H and O–H groups in total. The van der Waals surface area contributed by atoms with E-state index in [4.69, 9.17) is 4.74 Å². The molecule has 1 saturated heterocycles. The molecule has 2 nitrogen and oxygen atoms in total. The van der Waals surface area contributed by atoms with Crippen molar-refractivity contribution in [2.24, 2.45) is 5.92 Å². The summed E-state index contributed by atoms with van der Waals surface area (Å²) in [5, 5.41) is 3.24. The van der Waals surface area contributed by atoms with Gasteiger partial charge >= 0.3 is 0 Å². The van der Waals surface area contributed by atoms with Crippen molar-refractivity contribution in [3.05, 3.63) is 33.8 Å². The molecular formula is C13H18BrNO. The van der Waals surface area contributed by atoms with E-state index in [0.29, 0.717) is 5.92 Å². The van der Waals surface area contributed by atoms with Crippen molar-refractivity contribution in [3.8, 4) is 0 Å². The van der Waals surface area contributed by atoms with Crippen LogP contribution in [0.15, 0.2) is 22.7 Å². The molecule has 1 aromatic carbocycles. The molecule has 16 heavy (non-hydrogen) atoms. The lowest BCUT2D eigenvalue weighted by atomic mass is 9.95. The molecule has 88 valence electrons. The first-order valence-electron chi connectivity index (χ1n) is 5.74. The molecule has 0 aliphatic carbocycles. The summed E-state index contributed by atoms with van der Waals surface area (Å²) < 4.78 is 7.02. The number of benzene rings is 1. The van der Waals surface area contributed by atoms with E-state index in [0.717, 1.165) is 19.6 Å². The third-order valence-electron chi connectivity index (χ3n) is 3.14. The van der Waals surface area contributed by atoms with Gasteiger partial charge < -0.3 is 10.1 Å². The highest BCUT2D eigenvalue weighted by Gasteiger charge is 2.30. The van der Waals surface area contributed by atoms with Gasteiger partial charge in [-0.1, -0.05) is 28.1 Å². The molecule has 0 aromatic heterocycles. The Bertz CT molecular complexity index is 367. The van der Waals surface area contributed by atoms with Gasteiger partial charge in [-0.15, -0.1) is 0 Å². The third-order valence-corrected chi connectivity index (χ3v) is 3.83. The van der Waals surface area contributed by atoms with Gasteiger partial charge in [-0.3, -0.25) is 0 Å². The number of nitrogens with one attached hydrogen (secondary N) is 1. The number of hydrogen-bond donors (Lipinski definition) is 1. The van der Waals surface area contributed by atoms with E-state index in [-0.39, 0.29) is 6.10 Å². The first-order chi connectivity index (χ1) is 7.72. The van der Waals surface area contributed by atoms with Crippen LogP contribution in [0.25, 0.3) is 0 Å². The fraction of sp³-hybridized carbons (Fsp3) is 0.538. The van der Waals surface area contributed by atoms with Crippen LogP contribution in [0.3, 0.4) is 0 Å². The molecule has 0 spiro atoms. The van der Waals surface area contributed by atoms with E-state index >= 15 is 0 Å². The maximum atomic E-state index is 5.85. The Morgan fingerprint density at radius 2 is 2.31 bits per heavy atom. The quantitative estimate of drug-likeness (QED) is 0.921. The summed E-state index contributed by atoms with van der Waals surface area (Å²) in [4.78, 5) is 0. The fourth-order valence-electron chi connectivity index (χ4n) is 2.31. The monoisotopic (exact) mass is 283 g/mol. The maximum absolute atomic E-state index is 5.85. The first kappa shape index (κ1) is 12.1. The Hall–Kier alpha value is -0.380. The summed E-state index contributed by atoms with van der Waals surface area (Å²) in [7, 11) is 2.00. The first-order valence-corrected chi connectivity index (χ1v) is 6.54. The van der Waals surface area contributed by atoms with Crippen LogP contribution >= 0.6 is 15.9 Å². The average molecular weight is 284 g/mol. The Morgan fingerprint density at radius 1 is 1.50 bits per heavy atom. The predicted octanol–water partition coefficient (Wildman–Crippen LogP) is 3.05. The van der Waals surface area contributed by atoms with Crippen molar-refractivity contribution in [1.29, 1.82) is 0 Å². The molecule has 1 aromatic rings. The zero-order valence-electron chi connectivity index (χ0n) is 9.79. The molecule has 1 fully saturated rings. The summed E-state index contributed by atoms with van der Waals surface area (Å²) >= 11 is 3.64. The van der Waals surface area contributed by atoms with Crippen molar-refractivity contribution in [3.63, 3.8) is 0 Å². The maximum Gasteiger partial charge on any atom is 0.0876 e. The van der Waals surface area contributed by atoms with Gasteiger partial charge in [0.05, 0.1) is 6.10 Å². The lowest BCUT2D eigenvalue weighted by Crippen LogP contribution is -2.21. The molecule has 2 atom stereocenters. The highest BCUT2D eigenvalue weighted by atomic mass is 79.9. The number of halogens is 1. The van der Waals surface area contributed by atoms with Crippen molar-refractivity contribution >= 4 is 15.9 Å². The van der Waals surface area contributed by atoms with E-state index in [1.807, 2.05) is 7.05 Å². The minimum absolute atomic E-state index is 0.238. The molecule has 1 aliphatic heterocycles. The second-order valence-corrected chi connectivity index (χ2v) is 5.28. The highest BCUT2D eigenvalue weighted by Crippen LogP contribution is 2.37. The van der Waals surface area contributed by atoms with Gasteiger partial charge in [0.1, 0.15) is 0 Å². The molecule has 0 radical (unpaired) electrons. The van der Waals surface area contributed by atoms with E-state index < -0.39 is 0 Å². The summed E-state index contributed by atoms with van der Waals surface area (Å²) in [6, 6.07) is 6.49.